The molecule has 1 atom stereocenters. The van der Waals surface area contributed by atoms with Gasteiger partial charge in [-0.2, -0.15) is 0 Å². The molecule has 0 radical (unpaired) electrons. The van der Waals surface area contributed by atoms with Crippen molar-refractivity contribution in [1.82, 2.24) is 15.6 Å². The van der Waals surface area contributed by atoms with Crippen molar-refractivity contribution in [2.24, 2.45) is 0 Å². The highest BCUT2D eigenvalue weighted by atomic mass is 32.1. The predicted molar refractivity (Wildman–Crippen MR) is 60.7 cm³/mol. The molecule has 0 saturated heterocycles. The van der Waals surface area contributed by atoms with Gasteiger partial charge in [0.05, 0.1) is 24.4 Å². The van der Waals surface area contributed by atoms with Gasteiger partial charge in [0, 0.05) is 4.88 Å². The molecule has 94 valence electrons. The number of carbonyl (C=O) groups excluding carboxylic acids is 1. The molecule has 8 heteroatoms. The van der Waals surface area contributed by atoms with E-state index in [0.717, 1.165) is 10.6 Å². The fourth-order valence-electron chi connectivity index (χ4n) is 1.05. The van der Waals surface area contributed by atoms with Gasteiger partial charge in [0.25, 0.3) is 0 Å². The third kappa shape index (κ3) is 4.00. The monoisotopic (exact) mass is 259 g/mol. The van der Waals surface area contributed by atoms with Crippen molar-refractivity contribution in [2.75, 3.05) is 6.61 Å². The van der Waals surface area contributed by atoms with Crippen molar-refractivity contribution in [3.63, 3.8) is 0 Å². The Morgan fingerprint density at radius 1 is 1.59 bits per heavy atom. The summed E-state index contributed by atoms with van der Waals surface area (Å²) in [5.41, 5.74) is 2.49. The zero-order valence-electron chi connectivity index (χ0n) is 9.14. The first-order valence-corrected chi connectivity index (χ1v) is 5.69. The number of urea groups is 1. The standard InChI is InChI=1S/C9H13N3O4S/c1-5-7(17-4-11-5)2-10-9(16)12-6(3-13)8(14)15/h4,6,13H,2-3H2,1H3,(H,14,15)(H2,10,12,16). The van der Waals surface area contributed by atoms with Gasteiger partial charge < -0.3 is 20.8 Å². The molecule has 0 bridgehead atoms. The minimum absolute atomic E-state index is 0.278. The number of nitrogens with one attached hydrogen (secondary N) is 2. The van der Waals surface area contributed by atoms with E-state index in [1.165, 1.54) is 11.3 Å². The Kier molecular flexibility index (Phi) is 4.85. The first-order chi connectivity index (χ1) is 8.04. The van der Waals surface area contributed by atoms with Crippen LogP contribution < -0.4 is 10.6 Å². The van der Waals surface area contributed by atoms with Gasteiger partial charge in [-0.1, -0.05) is 0 Å². The number of nitrogens with zero attached hydrogens (tertiary/aromatic N) is 1. The lowest BCUT2D eigenvalue weighted by molar-refractivity contribution is -0.140. The molecular formula is C9H13N3O4S. The molecule has 1 aromatic rings. The lowest BCUT2D eigenvalue weighted by Gasteiger charge is -2.12. The fourth-order valence-corrected chi connectivity index (χ4v) is 1.77. The van der Waals surface area contributed by atoms with Crippen LogP contribution in [-0.4, -0.2) is 39.8 Å². The van der Waals surface area contributed by atoms with Gasteiger partial charge in [-0.25, -0.2) is 14.6 Å². The quantitative estimate of drug-likeness (QED) is 0.580. The molecule has 0 aromatic carbocycles. The number of aryl methyl sites for hydroxylation is 1. The van der Waals surface area contributed by atoms with Gasteiger partial charge in [-0.3, -0.25) is 0 Å². The molecule has 1 rings (SSSR count). The van der Waals surface area contributed by atoms with Crippen LogP contribution in [0.15, 0.2) is 5.51 Å². The first kappa shape index (κ1) is 13.4. The maximum absolute atomic E-state index is 11.3. The third-order valence-electron chi connectivity index (χ3n) is 2.04. The minimum Gasteiger partial charge on any atom is -0.480 e. The summed E-state index contributed by atoms with van der Waals surface area (Å²) in [6, 6.07) is -1.93. The van der Waals surface area contributed by atoms with Gasteiger partial charge in [0.15, 0.2) is 6.04 Å². The molecule has 0 aliphatic carbocycles. The van der Waals surface area contributed by atoms with Crippen LogP contribution in [0, 0.1) is 6.92 Å². The van der Waals surface area contributed by atoms with Gasteiger partial charge in [-0.15, -0.1) is 11.3 Å². The van der Waals surface area contributed by atoms with Crippen LogP contribution in [-0.2, 0) is 11.3 Å². The average Bonchev–Trinajstić information content (AvgIpc) is 2.68. The first-order valence-electron chi connectivity index (χ1n) is 4.81. The summed E-state index contributed by atoms with van der Waals surface area (Å²) in [5.74, 6) is -1.28. The number of carboxylic acids is 1. The minimum atomic E-state index is -1.29. The van der Waals surface area contributed by atoms with E-state index in [0.29, 0.717) is 0 Å². The smallest absolute Gasteiger partial charge is 0.328 e. The number of amides is 2. The van der Waals surface area contributed by atoms with Crippen molar-refractivity contribution in [1.29, 1.82) is 0 Å². The van der Waals surface area contributed by atoms with Crippen LogP contribution in [0.1, 0.15) is 10.6 Å². The van der Waals surface area contributed by atoms with Gasteiger partial charge >= 0.3 is 12.0 Å². The van der Waals surface area contributed by atoms with Crippen molar-refractivity contribution >= 4 is 23.3 Å². The lowest BCUT2D eigenvalue weighted by Crippen LogP contribution is -2.47. The predicted octanol–water partition coefficient (Wildman–Crippen LogP) is -0.304. The molecule has 4 N–H and O–H groups in total. The number of rotatable bonds is 5. The number of carboxylic acid groups (broad SMARTS) is 1. The molecule has 0 saturated carbocycles. The summed E-state index contributed by atoms with van der Waals surface area (Å²) in [4.78, 5) is 26.8. The summed E-state index contributed by atoms with van der Waals surface area (Å²) in [7, 11) is 0. The molecule has 17 heavy (non-hydrogen) atoms. The van der Waals surface area contributed by atoms with Crippen LogP contribution >= 0.6 is 11.3 Å². The summed E-state index contributed by atoms with van der Waals surface area (Å²) in [6.07, 6.45) is 0. The summed E-state index contributed by atoms with van der Waals surface area (Å²) in [5, 5.41) is 21.9. The topological polar surface area (TPSA) is 112 Å². The largest absolute Gasteiger partial charge is 0.480 e. The molecule has 1 unspecified atom stereocenters. The highest BCUT2D eigenvalue weighted by molar-refractivity contribution is 7.09. The van der Waals surface area contributed by atoms with E-state index >= 15 is 0 Å². The molecule has 2 amide bonds. The fraction of sp³-hybridized carbons (Fsp3) is 0.444. The van der Waals surface area contributed by atoms with Crippen LogP contribution in [0.3, 0.4) is 0 Å². The van der Waals surface area contributed by atoms with Crippen molar-refractivity contribution in [2.45, 2.75) is 19.5 Å². The second-order valence-corrected chi connectivity index (χ2v) is 4.20. The molecule has 0 fully saturated rings. The van der Waals surface area contributed by atoms with Crippen LogP contribution in [0.5, 0.6) is 0 Å². The highest BCUT2D eigenvalue weighted by Crippen LogP contribution is 2.10. The normalized spacial score (nSPS) is 11.9. The average molecular weight is 259 g/mol. The Morgan fingerprint density at radius 3 is 2.76 bits per heavy atom. The number of aliphatic hydroxyl groups excluding tert-OH is 1. The number of hydrogen-bond acceptors (Lipinski definition) is 5. The van der Waals surface area contributed by atoms with E-state index < -0.39 is 24.6 Å². The Morgan fingerprint density at radius 2 is 2.29 bits per heavy atom. The summed E-state index contributed by atoms with van der Waals surface area (Å²) >= 11 is 1.40. The van der Waals surface area contributed by atoms with Crippen LogP contribution in [0.4, 0.5) is 4.79 Å². The number of hydrogen-bond donors (Lipinski definition) is 4. The maximum atomic E-state index is 11.3. The highest BCUT2D eigenvalue weighted by Gasteiger charge is 2.18. The van der Waals surface area contributed by atoms with Crippen molar-refractivity contribution in [3.05, 3.63) is 16.1 Å². The second-order valence-electron chi connectivity index (χ2n) is 3.26. The molecule has 1 aromatic heterocycles. The third-order valence-corrected chi connectivity index (χ3v) is 2.98. The van der Waals surface area contributed by atoms with E-state index in [1.54, 1.807) is 5.51 Å². The molecule has 0 aliphatic heterocycles. The number of carbonyl (C=O) groups is 2. The van der Waals surface area contributed by atoms with E-state index in [1.807, 2.05) is 6.92 Å². The van der Waals surface area contributed by atoms with Crippen molar-refractivity contribution < 1.29 is 19.8 Å². The Labute approximate surface area is 101 Å². The Balaban J connectivity index is 2.40. The number of aromatic nitrogens is 1. The van der Waals surface area contributed by atoms with Gasteiger partial charge in [-0.05, 0) is 6.92 Å². The summed E-state index contributed by atoms with van der Waals surface area (Å²) in [6.45, 7) is 1.45. The molecule has 7 nitrogen and oxygen atoms in total. The van der Waals surface area contributed by atoms with Crippen molar-refractivity contribution in [3.8, 4) is 0 Å². The lowest BCUT2D eigenvalue weighted by atomic mass is 10.3. The molecule has 1 heterocycles. The molecule has 0 aliphatic rings. The van der Waals surface area contributed by atoms with E-state index in [2.05, 4.69) is 15.6 Å². The number of thiazole rings is 1. The number of aliphatic carboxylic acids is 1. The zero-order valence-corrected chi connectivity index (χ0v) is 9.95. The maximum Gasteiger partial charge on any atom is 0.328 e. The van der Waals surface area contributed by atoms with E-state index in [-0.39, 0.29) is 6.54 Å². The van der Waals surface area contributed by atoms with Crippen LogP contribution in [0.25, 0.3) is 0 Å². The van der Waals surface area contributed by atoms with Gasteiger partial charge in [0.2, 0.25) is 0 Å². The second kappa shape index (κ2) is 6.16. The Hall–Kier alpha value is -1.67. The van der Waals surface area contributed by atoms with E-state index in [4.69, 9.17) is 10.2 Å². The zero-order chi connectivity index (χ0) is 12.8. The number of aliphatic hydroxyl groups is 1. The van der Waals surface area contributed by atoms with E-state index in [9.17, 15) is 9.59 Å². The summed E-state index contributed by atoms with van der Waals surface area (Å²) < 4.78 is 0. The van der Waals surface area contributed by atoms with Gasteiger partial charge in [0.1, 0.15) is 0 Å². The Bertz CT molecular complexity index is 407. The molecular weight excluding hydrogens is 246 g/mol. The van der Waals surface area contributed by atoms with Crippen LogP contribution in [0.2, 0.25) is 0 Å². The SMILES string of the molecule is Cc1ncsc1CNC(=O)NC(CO)C(=O)O. The molecule has 0 spiro atoms.